The van der Waals surface area contributed by atoms with Crippen molar-refractivity contribution in [1.29, 1.82) is 0 Å². The van der Waals surface area contributed by atoms with Gasteiger partial charge in [0.15, 0.2) is 0 Å². The molecule has 0 N–H and O–H groups in total. The Morgan fingerprint density at radius 2 is 1.53 bits per heavy atom. The van der Waals surface area contributed by atoms with Gasteiger partial charge in [-0.1, -0.05) is 54.4 Å². The molecule has 0 saturated heterocycles. The van der Waals surface area contributed by atoms with Gasteiger partial charge >= 0.3 is 0 Å². The number of halogens is 1. The summed E-state index contributed by atoms with van der Waals surface area (Å²) in [5.41, 5.74) is 1.23. The highest BCUT2D eigenvalue weighted by Gasteiger charge is 2.60. The van der Waals surface area contributed by atoms with Crippen LogP contribution in [0.4, 0.5) is 0 Å². The van der Waals surface area contributed by atoms with Crippen LogP contribution in [-0.4, -0.2) is 5.38 Å². The van der Waals surface area contributed by atoms with Gasteiger partial charge in [0.2, 0.25) is 0 Å². The van der Waals surface area contributed by atoms with Crippen molar-refractivity contribution in [3.8, 4) is 0 Å². The molecule has 0 amide bonds. The van der Waals surface area contributed by atoms with Crippen LogP contribution in [0.25, 0.3) is 0 Å². The Labute approximate surface area is 193 Å². The second-order valence-corrected chi connectivity index (χ2v) is 13.8. The molecule has 1 heteroatoms. The smallest absolute Gasteiger partial charge is 0.0339 e. The minimum absolute atomic E-state index is 0.461. The van der Waals surface area contributed by atoms with E-state index in [2.05, 4.69) is 41.5 Å². The third-order valence-corrected chi connectivity index (χ3v) is 12.2. The number of fused-ring (bicyclic) bond motifs is 5. The average molecular weight is 435 g/mol. The molecule has 0 spiro atoms. The lowest BCUT2D eigenvalue weighted by Crippen LogP contribution is -2.53. The Morgan fingerprint density at radius 3 is 2.23 bits per heavy atom. The molecule has 0 aliphatic heterocycles. The first-order chi connectivity index (χ1) is 14.2. The van der Waals surface area contributed by atoms with Crippen LogP contribution in [0.2, 0.25) is 0 Å². The lowest BCUT2D eigenvalue weighted by Gasteiger charge is -2.61. The van der Waals surface area contributed by atoms with Crippen molar-refractivity contribution in [3.63, 3.8) is 0 Å². The quantitative estimate of drug-likeness (QED) is 0.365. The van der Waals surface area contributed by atoms with E-state index in [-0.39, 0.29) is 0 Å². The van der Waals surface area contributed by atoms with Crippen LogP contribution in [0.15, 0.2) is 0 Å². The van der Waals surface area contributed by atoms with Crippen molar-refractivity contribution >= 4 is 11.6 Å². The summed E-state index contributed by atoms with van der Waals surface area (Å²) in [6.07, 6.45) is 17.3. The Hall–Kier alpha value is 0.290. The predicted molar refractivity (Wildman–Crippen MR) is 132 cm³/mol. The fraction of sp³-hybridized carbons (Fsp3) is 1.00. The van der Waals surface area contributed by atoms with Gasteiger partial charge in [-0.05, 0) is 122 Å². The fourth-order valence-electron chi connectivity index (χ4n) is 9.87. The summed E-state index contributed by atoms with van der Waals surface area (Å²) in [4.78, 5) is 0. The third-order valence-electron chi connectivity index (χ3n) is 11.8. The van der Waals surface area contributed by atoms with Gasteiger partial charge in [0, 0.05) is 5.38 Å². The van der Waals surface area contributed by atoms with E-state index >= 15 is 0 Å². The Kier molecular flexibility index (Phi) is 6.96. The van der Waals surface area contributed by atoms with Crippen LogP contribution in [0.5, 0.6) is 0 Å². The molecule has 30 heavy (non-hydrogen) atoms. The normalized spacial score (nSPS) is 48.0. The molecular weight excluding hydrogens is 384 g/mol. The molecule has 0 nitrogen and oxygen atoms in total. The van der Waals surface area contributed by atoms with Gasteiger partial charge in [0.05, 0.1) is 0 Å². The molecule has 174 valence electrons. The van der Waals surface area contributed by atoms with Crippen LogP contribution < -0.4 is 0 Å². The van der Waals surface area contributed by atoms with E-state index in [1.54, 1.807) is 0 Å². The predicted octanol–water partition coefficient (Wildman–Crippen LogP) is 9.35. The van der Waals surface area contributed by atoms with Crippen LogP contribution >= 0.6 is 11.6 Å². The zero-order chi connectivity index (χ0) is 21.7. The molecule has 10 atom stereocenters. The first kappa shape index (κ1) is 23.4. The van der Waals surface area contributed by atoms with E-state index < -0.39 is 0 Å². The first-order valence-corrected chi connectivity index (χ1v) is 14.3. The van der Waals surface area contributed by atoms with E-state index in [1.165, 1.54) is 77.0 Å². The van der Waals surface area contributed by atoms with Crippen molar-refractivity contribution in [3.05, 3.63) is 0 Å². The molecule has 4 aliphatic carbocycles. The fourth-order valence-corrected chi connectivity index (χ4v) is 10.2. The molecule has 0 bridgehead atoms. The molecule has 4 fully saturated rings. The number of rotatable bonds is 6. The molecular formula is C29H51Cl. The molecule has 4 rings (SSSR count). The Bertz CT molecular complexity index is 583. The second kappa shape index (κ2) is 8.91. The first-order valence-electron chi connectivity index (χ1n) is 13.8. The van der Waals surface area contributed by atoms with E-state index in [4.69, 9.17) is 11.6 Å². The SMILES string of the molecule is CC[C@H](CC[C@@H](C)[C@H]1CC[C@H]2[C@@H]3CC[C@H]4C[C@@H](Cl)CC[C@]4(C)[C@H]3CC[C@]12C)C(C)C. The molecule has 0 aromatic carbocycles. The maximum atomic E-state index is 6.62. The lowest BCUT2D eigenvalue weighted by atomic mass is 9.44. The highest BCUT2D eigenvalue weighted by molar-refractivity contribution is 6.20. The van der Waals surface area contributed by atoms with Crippen molar-refractivity contribution in [1.82, 2.24) is 0 Å². The van der Waals surface area contributed by atoms with E-state index in [0.717, 1.165) is 47.3 Å². The maximum Gasteiger partial charge on any atom is 0.0339 e. The number of hydrogen-bond acceptors (Lipinski definition) is 0. The lowest BCUT2D eigenvalue weighted by molar-refractivity contribution is -0.114. The summed E-state index contributed by atoms with van der Waals surface area (Å²) in [6.45, 7) is 15.3. The van der Waals surface area contributed by atoms with E-state index in [1.807, 2.05) is 0 Å². The highest BCUT2D eigenvalue weighted by atomic mass is 35.5. The third kappa shape index (κ3) is 3.92. The van der Waals surface area contributed by atoms with Crippen LogP contribution in [0.3, 0.4) is 0 Å². The molecule has 0 aromatic rings. The number of alkyl halides is 1. The summed E-state index contributed by atoms with van der Waals surface area (Å²) >= 11 is 6.62. The largest absolute Gasteiger partial charge is 0.123 e. The minimum Gasteiger partial charge on any atom is -0.123 e. The number of hydrogen-bond donors (Lipinski definition) is 0. The van der Waals surface area contributed by atoms with Gasteiger partial charge in [-0.3, -0.25) is 0 Å². The van der Waals surface area contributed by atoms with Gasteiger partial charge in [0.1, 0.15) is 0 Å². The van der Waals surface area contributed by atoms with Crippen molar-refractivity contribution in [2.75, 3.05) is 0 Å². The van der Waals surface area contributed by atoms with E-state index in [0.29, 0.717) is 16.2 Å². The van der Waals surface area contributed by atoms with Gasteiger partial charge in [-0.2, -0.15) is 0 Å². The summed E-state index contributed by atoms with van der Waals surface area (Å²) < 4.78 is 0. The zero-order valence-electron chi connectivity index (χ0n) is 21.1. The average Bonchev–Trinajstić information content (AvgIpc) is 3.06. The zero-order valence-corrected chi connectivity index (χ0v) is 21.8. The summed E-state index contributed by atoms with van der Waals surface area (Å²) in [5, 5.41) is 0.461. The van der Waals surface area contributed by atoms with Crippen molar-refractivity contribution in [2.45, 2.75) is 124 Å². The standard InChI is InChI=1S/C29H51Cl/c1-7-21(19(2)3)9-8-20(4)25-12-13-26-24-11-10-22-18-23(30)14-16-28(22,5)27(24)15-17-29(25,26)6/h19-27H,7-18H2,1-6H3/t20-,21-,22+,23+,24+,25-,26+,27+,28+,29-/m1/s1. The van der Waals surface area contributed by atoms with Crippen molar-refractivity contribution < 1.29 is 0 Å². The van der Waals surface area contributed by atoms with Crippen LogP contribution in [0, 0.1) is 58.2 Å². The van der Waals surface area contributed by atoms with Gasteiger partial charge < -0.3 is 0 Å². The summed E-state index contributed by atoms with van der Waals surface area (Å²) in [6, 6.07) is 0. The molecule has 0 aromatic heterocycles. The maximum absolute atomic E-state index is 6.62. The minimum atomic E-state index is 0.461. The topological polar surface area (TPSA) is 0 Å². The van der Waals surface area contributed by atoms with Gasteiger partial charge in [-0.15, -0.1) is 11.6 Å². The summed E-state index contributed by atoms with van der Waals surface area (Å²) in [7, 11) is 0. The molecule has 4 saturated carbocycles. The Morgan fingerprint density at radius 1 is 0.833 bits per heavy atom. The Balaban J connectivity index is 1.45. The molecule has 0 unspecified atom stereocenters. The molecule has 0 heterocycles. The molecule has 4 aliphatic rings. The highest BCUT2D eigenvalue weighted by Crippen LogP contribution is 2.68. The van der Waals surface area contributed by atoms with Crippen molar-refractivity contribution in [2.24, 2.45) is 58.2 Å². The molecule has 0 radical (unpaired) electrons. The van der Waals surface area contributed by atoms with Gasteiger partial charge in [-0.25, -0.2) is 0 Å². The van der Waals surface area contributed by atoms with Crippen LogP contribution in [-0.2, 0) is 0 Å². The van der Waals surface area contributed by atoms with Gasteiger partial charge in [0.25, 0.3) is 0 Å². The van der Waals surface area contributed by atoms with Crippen LogP contribution in [0.1, 0.15) is 119 Å². The summed E-state index contributed by atoms with van der Waals surface area (Å²) in [5.74, 6) is 7.63. The monoisotopic (exact) mass is 434 g/mol. The second-order valence-electron chi connectivity index (χ2n) is 13.2. The van der Waals surface area contributed by atoms with E-state index in [9.17, 15) is 0 Å².